The van der Waals surface area contributed by atoms with Crippen LogP contribution in [0, 0.1) is 0 Å². The van der Waals surface area contributed by atoms with Crippen LogP contribution in [0.2, 0.25) is 0 Å². The lowest BCUT2D eigenvalue weighted by atomic mass is 10.4. The molecule has 3 N–H and O–H groups in total. The maximum atomic E-state index is 5.69. The number of nitrogens with zero attached hydrogens (tertiary/aromatic N) is 4. The second-order valence-corrected chi connectivity index (χ2v) is 3.79. The first-order valence-corrected chi connectivity index (χ1v) is 5.15. The van der Waals surface area contributed by atoms with Crippen LogP contribution in [0.3, 0.4) is 0 Å². The highest BCUT2D eigenvalue weighted by molar-refractivity contribution is 5.78. The van der Waals surface area contributed by atoms with Gasteiger partial charge in [-0.25, -0.2) is 0 Å². The number of guanidine groups is 1. The summed E-state index contributed by atoms with van der Waals surface area (Å²) in [5.74, 6) is 1.47. The normalized spacial score (nSPS) is 16.7. The highest BCUT2D eigenvalue weighted by Gasteiger charge is 2.21. The summed E-state index contributed by atoms with van der Waals surface area (Å²) in [5.41, 5.74) is 5.69. The van der Waals surface area contributed by atoms with E-state index < -0.39 is 0 Å². The maximum Gasteiger partial charge on any atom is 0.188 e. The molecule has 2 rings (SSSR count). The monoisotopic (exact) mass is 208 g/mol. The lowest BCUT2D eigenvalue weighted by Crippen LogP contribution is -2.33. The van der Waals surface area contributed by atoms with E-state index in [9.17, 15) is 0 Å². The van der Waals surface area contributed by atoms with Gasteiger partial charge in [0.25, 0.3) is 0 Å². The van der Waals surface area contributed by atoms with Crippen molar-refractivity contribution in [3.8, 4) is 0 Å². The summed E-state index contributed by atoms with van der Waals surface area (Å²) in [7, 11) is 1.92. The standard InChI is InChI=1S/C9H16N6/c1-15-6-12-14-8(15)4-5-11-9(10)13-7-2-3-7/h6-7H,2-5H2,1H3,(H3,10,11,13). The van der Waals surface area contributed by atoms with Gasteiger partial charge in [0.2, 0.25) is 0 Å². The Hall–Kier alpha value is -1.59. The molecule has 6 nitrogen and oxygen atoms in total. The third-order valence-electron chi connectivity index (χ3n) is 2.35. The van der Waals surface area contributed by atoms with Crippen molar-refractivity contribution < 1.29 is 0 Å². The maximum absolute atomic E-state index is 5.69. The lowest BCUT2D eigenvalue weighted by molar-refractivity contribution is 0.771. The minimum atomic E-state index is 0.541. The SMILES string of the molecule is Cn1cnnc1CCN=C(N)NC1CC1. The zero-order valence-electron chi connectivity index (χ0n) is 8.85. The summed E-state index contributed by atoms with van der Waals surface area (Å²) in [5, 5.41) is 10.9. The number of nitrogens with two attached hydrogens (primary N) is 1. The smallest absolute Gasteiger partial charge is 0.188 e. The van der Waals surface area contributed by atoms with Gasteiger partial charge in [-0.2, -0.15) is 0 Å². The van der Waals surface area contributed by atoms with Crippen molar-refractivity contribution in [2.24, 2.45) is 17.8 Å². The molecule has 0 amide bonds. The van der Waals surface area contributed by atoms with Gasteiger partial charge in [-0.05, 0) is 12.8 Å². The van der Waals surface area contributed by atoms with E-state index >= 15 is 0 Å². The van der Waals surface area contributed by atoms with Crippen molar-refractivity contribution >= 4 is 5.96 Å². The summed E-state index contributed by atoms with van der Waals surface area (Å²) >= 11 is 0. The molecule has 6 heteroatoms. The Labute approximate surface area is 88.6 Å². The van der Waals surface area contributed by atoms with Crippen LogP contribution in [0.25, 0.3) is 0 Å². The largest absolute Gasteiger partial charge is 0.370 e. The van der Waals surface area contributed by atoms with E-state index in [0.29, 0.717) is 18.5 Å². The highest BCUT2D eigenvalue weighted by atomic mass is 15.2. The van der Waals surface area contributed by atoms with E-state index in [1.807, 2.05) is 11.6 Å². The Morgan fingerprint density at radius 1 is 1.73 bits per heavy atom. The number of rotatable bonds is 4. The molecule has 15 heavy (non-hydrogen) atoms. The first-order valence-electron chi connectivity index (χ1n) is 5.15. The van der Waals surface area contributed by atoms with Gasteiger partial charge in [0.1, 0.15) is 12.2 Å². The summed E-state index contributed by atoms with van der Waals surface area (Å²) < 4.78 is 1.89. The molecular formula is C9H16N6. The van der Waals surface area contributed by atoms with E-state index in [4.69, 9.17) is 5.73 Å². The molecular weight excluding hydrogens is 192 g/mol. The molecule has 0 spiro atoms. The van der Waals surface area contributed by atoms with Gasteiger partial charge in [-0.1, -0.05) is 0 Å². The Balaban J connectivity index is 1.75. The molecule has 0 aromatic carbocycles. The summed E-state index contributed by atoms with van der Waals surface area (Å²) in [4.78, 5) is 4.22. The van der Waals surface area contributed by atoms with Gasteiger partial charge in [0.15, 0.2) is 5.96 Å². The van der Waals surface area contributed by atoms with Crippen LogP contribution in [-0.4, -0.2) is 33.3 Å². The number of hydrogen-bond donors (Lipinski definition) is 2. The minimum absolute atomic E-state index is 0.541. The van der Waals surface area contributed by atoms with E-state index in [1.54, 1.807) is 6.33 Å². The number of nitrogens with one attached hydrogen (secondary N) is 1. The fourth-order valence-corrected chi connectivity index (χ4v) is 1.29. The van der Waals surface area contributed by atoms with E-state index in [1.165, 1.54) is 12.8 Å². The van der Waals surface area contributed by atoms with Crippen LogP contribution in [0.1, 0.15) is 18.7 Å². The van der Waals surface area contributed by atoms with Gasteiger partial charge >= 0.3 is 0 Å². The molecule has 0 radical (unpaired) electrons. The first kappa shape index (κ1) is 9.95. The molecule has 1 aromatic rings. The molecule has 1 aromatic heterocycles. The van der Waals surface area contributed by atoms with Gasteiger partial charge in [-0.15, -0.1) is 10.2 Å². The predicted molar refractivity (Wildman–Crippen MR) is 57.4 cm³/mol. The van der Waals surface area contributed by atoms with Gasteiger partial charge in [0.05, 0.1) is 0 Å². The van der Waals surface area contributed by atoms with Crippen LogP contribution >= 0.6 is 0 Å². The van der Waals surface area contributed by atoms with Gasteiger partial charge < -0.3 is 15.6 Å². The Bertz CT molecular complexity index is 351. The van der Waals surface area contributed by atoms with Crippen molar-refractivity contribution in [2.75, 3.05) is 6.54 Å². The number of aliphatic imine (C=N–C) groups is 1. The molecule has 0 aliphatic heterocycles. The van der Waals surface area contributed by atoms with Crippen molar-refractivity contribution in [3.05, 3.63) is 12.2 Å². The number of aromatic nitrogens is 3. The van der Waals surface area contributed by atoms with Crippen molar-refractivity contribution in [3.63, 3.8) is 0 Å². The molecule has 1 aliphatic rings. The molecule has 1 fully saturated rings. The third-order valence-corrected chi connectivity index (χ3v) is 2.35. The molecule has 1 heterocycles. The fraction of sp³-hybridized carbons (Fsp3) is 0.667. The number of aryl methyl sites for hydroxylation is 1. The summed E-state index contributed by atoms with van der Waals surface area (Å²) in [6, 6.07) is 0.559. The average molecular weight is 208 g/mol. The minimum Gasteiger partial charge on any atom is -0.370 e. The highest BCUT2D eigenvalue weighted by Crippen LogP contribution is 2.17. The second kappa shape index (κ2) is 4.29. The first-order chi connectivity index (χ1) is 7.25. The fourth-order valence-electron chi connectivity index (χ4n) is 1.29. The topological polar surface area (TPSA) is 81.1 Å². The molecule has 82 valence electrons. The summed E-state index contributed by atoms with van der Waals surface area (Å²) in [6.07, 6.45) is 4.87. The Kier molecular flexibility index (Phi) is 2.84. The third kappa shape index (κ3) is 2.93. The van der Waals surface area contributed by atoms with Crippen molar-refractivity contribution in [1.82, 2.24) is 20.1 Å². The van der Waals surface area contributed by atoms with Crippen LogP contribution < -0.4 is 11.1 Å². The zero-order chi connectivity index (χ0) is 10.7. The average Bonchev–Trinajstić information content (AvgIpc) is 2.91. The predicted octanol–water partition coefficient (Wildman–Crippen LogP) is -0.576. The Morgan fingerprint density at radius 2 is 2.53 bits per heavy atom. The van der Waals surface area contributed by atoms with E-state index in [-0.39, 0.29) is 0 Å². The van der Waals surface area contributed by atoms with Gasteiger partial charge in [-0.3, -0.25) is 4.99 Å². The van der Waals surface area contributed by atoms with Crippen LogP contribution in [0.15, 0.2) is 11.3 Å². The van der Waals surface area contributed by atoms with Crippen LogP contribution in [0.4, 0.5) is 0 Å². The van der Waals surface area contributed by atoms with Crippen molar-refractivity contribution in [1.29, 1.82) is 0 Å². The van der Waals surface area contributed by atoms with Gasteiger partial charge in [0, 0.05) is 26.1 Å². The Morgan fingerprint density at radius 3 is 3.13 bits per heavy atom. The molecule has 0 bridgehead atoms. The molecule has 1 saturated carbocycles. The van der Waals surface area contributed by atoms with Crippen LogP contribution in [-0.2, 0) is 13.5 Å². The second-order valence-electron chi connectivity index (χ2n) is 3.79. The van der Waals surface area contributed by atoms with Crippen molar-refractivity contribution in [2.45, 2.75) is 25.3 Å². The van der Waals surface area contributed by atoms with Crippen LogP contribution in [0.5, 0.6) is 0 Å². The molecule has 1 aliphatic carbocycles. The molecule has 0 saturated heterocycles. The molecule has 0 unspecified atom stereocenters. The quantitative estimate of drug-likeness (QED) is 0.512. The molecule has 0 atom stereocenters. The zero-order valence-corrected chi connectivity index (χ0v) is 8.85. The summed E-state index contributed by atoms with van der Waals surface area (Å²) in [6.45, 7) is 0.651. The van der Waals surface area contributed by atoms with E-state index in [2.05, 4.69) is 20.5 Å². The lowest BCUT2D eigenvalue weighted by Gasteiger charge is -2.02. The number of hydrogen-bond acceptors (Lipinski definition) is 3. The van der Waals surface area contributed by atoms with E-state index in [0.717, 1.165) is 12.2 Å².